The van der Waals surface area contributed by atoms with E-state index in [2.05, 4.69) is 46.9 Å². The third kappa shape index (κ3) is 6.85. The quantitative estimate of drug-likeness (QED) is 0.686. The van der Waals surface area contributed by atoms with Gasteiger partial charge in [-0.25, -0.2) is 0 Å². The van der Waals surface area contributed by atoms with E-state index in [0.717, 1.165) is 36.1 Å². The van der Waals surface area contributed by atoms with E-state index >= 15 is 0 Å². The molecule has 0 aliphatic rings. The molecule has 1 rings (SSSR count). The van der Waals surface area contributed by atoms with E-state index in [0.29, 0.717) is 6.42 Å². The van der Waals surface area contributed by atoms with E-state index < -0.39 is 0 Å². The van der Waals surface area contributed by atoms with Gasteiger partial charge < -0.3 is 9.80 Å². The lowest BCUT2D eigenvalue weighted by Crippen LogP contribution is -2.26. The molecular weight excluding hydrogens is 304 g/mol. The molecule has 0 bridgehead atoms. The number of benzene rings is 1. The van der Waals surface area contributed by atoms with E-state index in [1.165, 1.54) is 0 Å². The molecule has 3 nitrogen and oxygen atoms in total. The minimum absolute atomic E-state index is 0.215. The zero-order valence-electron chi connectivity index (χ0n) is 12.0. The maximum absolute atomic E-state index is 12.0. The van der Waals surface area contributed by atoms with E-state index in [9.17, 15) is 4.79 Å². The Balaban J connectivity index is 2.27. The van der Waals surface area contributed by atoms with Gasteiger partial charge in [-0.2, -0.15) is 0 Å². The van der Waals surface area contributed by atoms with E-state index in [1.807, 2.05) is 24.3 Å². The molecule has 0 radical (unpaired) electrons. The largest absolute Gasteiger partial charge is 0.309 e. The molecule has 0 aliphatic carbocycles. The molecule has 0 unspecified atom stereocenters. The minimum Gasteiger partial charge on any atom is -0.309 e. The summed E-state index contributed by atoms with van der Waals surface area (Å²) in [6.45, 7) is 2.94. The van der Waals surface area contributed by atoms with Gasteiger partial charge >= 0.3 is 0 Å². The molecule has 0 saturated carbocycles. The number of hydrogen-bond donors (Lipinski definition) is 0. The molecule has 0 atom stereocenters. The molecule has 4 heteroatoms. The van der Waals surface area contributed by atoms with E-state index in [4.69, 9.17) is 0 Å². The smallest absolute Gasteiger partial charge is 0.164 e. The number of ketones is 1. The first-order chi connectivity index (χ1) is 8.99. The summed E-state index contributed by atoms with van der Waals surface area (Å²) < 4.78 is 1.00. The second kappa shape index (κ2) is 8.46. The Kier molecular flexibility index (Phi) is 7.28. The van der Waals surface area contributed by atoms with Crippen molar-refractivity contribution in [3.8, 4) is 0 Å². The third-order valence-corrected chi connectivity index (χ3v) is 3.56. The van der Waals surface area contributed by atoms with Gasteiger partial charge in [-0.3, -0.25) is 4.79 Å². The lowest BCUT2D eigenvalue weighted by atomic mass is 10.1. The summed E-state index contributed by atoms with van der Waals surface area (Å²) >= 11 is 3.37. The maximum atomic E-state index is 12.0. The zero-order valence-corrected chi connectivity index (χ0v) is 13.6. The van der Waals surface area contributed by atoms with Crippen LogP contribution in [0.25, 0.3) is 0 Å². The van der Waals surface area contributed by atoms with Gasteiger partial charge in [-0.1, -0.05) is 28.1 Å². The predicted octanol–water partition coefficient (Wildman–Crippen LogP) is 2.91. The summed E-state index contributed by atoms with van der Waals surface area (Å²) in [6, 6.07) is 7.57. The van der Waals surface area contributed by atoms with Crippen LogP contribution in [0.2, 0.25) is 0 Å². The summed E-state index contributed by atoms with van der Waals surface area (Å²) in [4.78, 5) is 16.4. The van der Waals surface area contributed by atoms with Gasteiger partial charge in [0.15, 0.2) is 5.78 Å². The van der Waals surface area contributed by atoms with Gasteiger partial charge in [0.05, 0.1) is 0 Å². The van der Waals surface area contributed by atoms with Gasteiger partial charge in [-0.05, 0) is 52.8 Å². The first kappa shape index (κ1) is 16.3. The van der Waals surface area contributed by atoms with Gasteiger partial charge in [0.1, 0.15) is 0 Å². The Hall–Kier alpha value is -0.710. The number of rotatable bonds is 8. The van der Waals surface area contributed by atoms with Crippen LogP contribution in [-0.4, -0.2) is 56.4 Å². The highest BCUT2D eigenvalue weighted by atomic mass is 79.9. The van der Waals surface area contributed by atoms with Crippen molar-refractivity contribution in [1.82, 2.24) is 9.80 Å². The summed E-state index contributed by atoms with van der Waals surface area (Å²) in [5, 5.41) is 0. The van der Waals surface area contributed by atoms with Crippen molar-refractivity contribution in [3.05, 3.63) is 34.3 Å². The fraction of sp³-hybridized carbons (Fsp3) is 0.533. The highest BCUT2D eigenvalue weighted by Gasteiger charge is 2.07. The zero-order chi connectivity index (χ0) is 14.3. The van der Waals surface area contributed by atoms with Crippen LogP contribution in [-0.2, 0) is 0 Å². The van der Waals surface area contributed by atoms with Crippen LogP contribution >= 0.6 is 15.9 Å². The van der Waals surface area contributed by atoms with Crippen molar-refractivity contribution < 1.29 is 4.79 Å². The van der Waals surface area contributed by atoms with Crippen molar-refractivity contribution >= 4 is 21.7 Å². The van der Waals surface area contributed by atoms with Gasteiger partial charge in [-0.15, -0.1) is 0 Å². The Morgan fingerprint density at radius 1 is 1.05 bits per heavy atom. The molecular formula is C15H23BrN2O. The standard InChI is InChI=1S/C15H23BrN2O/c1-17(2)10-4-11-18(3)12-9-15(19)13-5-7-14(16)8-6-13/h5-8H,4,9-12H2,1-3H3. The highest BCUT2D eigenvalue weighted by Crippen LogP contribution is 2.12. The Morgan fingerprint density at radius 3 is 2.26 bits per heavy atom. The van der Waals surface area contributed by atoms with E-state index in [-0.39, 0.29) is 5.78 Å². The van der Waals surface area contributed by atoms with Gasteiger partial charge in [0, 0.05) is 23.0 Å². The molecule has 0 saturated heterocycles. The summed E-state index contributed by atoms with van der Waals surface area (Å²) in [5.74, 6) is 0.215. The molecule has 0 heterocycles. The van der Waals surface area contributed by atoms with Crippen molar-refractivity contribution in [2.45, 2.75) is 12.8 Å². The molecule has 0 amide bonds. The number of halogens is 1. The maximum Gasteiger partial charge on any atom is 0.164 e. The minimum atomic E-state index is 0.215. The molecule has 0 N–H and O–H groups in total. The Labute approximate surface area is 124 Å². The molecule has 1 aromatic carbocycles. The van der Waals surface area contributed by atoms with Crippen LogP contribution in [0.4, 0.5) is 0 Å². The monoisotopic (exact) mass is 326 g/mol. The molecule has 0 aromatic heterocycles. The molecule has 0 aliphatic heterocycles. The molecule has 1 aromatic rings. The third-order valence-electron chi connectivity index (χ3n) is 3.03. The second-order valence-corrected chi connectivity index (χ2v) is 6.06. The lowest BCUT2D eigenvalue weighted by molar-refractivity contribution is 0.0968. The predicted molar refractivity (Wildman–Crippen MR) is 83.8 cm³/mol. The number of hydrogen-bond acceptors (Lipinski definition) is 3. The van der Waals surface area contributed by atoms with Crippen LogP contribution in [0, 0.1) is 0 Å². The van der Waals surface area contributed by atoms with Crippen LogP contribution in [0.3, 0.4) is 0 Å². The van der Waals surface area contributed by atoms with Crippen molar-refractivity contribution in [1.29, 1.82) is 0 Å². The van der Waals surface area contributed by atoms with Crippen LogP contribution in [0.15, 0.2) is 28.7 Å². The van der Waals surface area contributed by atoms with Gasteiger partial charge in [0.2, 0.25) is 0 Å². The lowest BCUT2D eigenvalue weighted by Gasteiger charge is -2.17. The fourth-order valence-corrected chi connectivity index (χ4v) is 2.11. The first-order valence-corrected chi connectivity index (χ1v) is 7.40. The average Bonchev–Trinajstić information content (AvgIpc) is 2.36. The van der Waals surface area contributed by atoms with Crippen molar-refractivity contribution in [3.63, 3.8) is 0 Å². The van der Waals surface area contributed by atoms with Crippen molar-refractivity contribution in [2.75, 3.05) is 40.8 Å². The summed E-state index contributed by atoms with van der Waals surface area (Å²) in [5.41, 5.74) is 0.796. The summed E-state index contributed by atoms with van der Waals surface area (Å²) in [6.07, 6.45) is 1.72. The Bertz CT molecular complexity index is 390. The molecule has 0 fully saturated rings. The molecule has 106 valence electrons. The highest BCUT2D eigenvalue weighted by molar-refractivity contribution is 9.10. The average molecular weight is 327 g/mol. The molecule has 19 heavy (non-hydrogen) atoms. The number of carbonyl (C=O) groups is 1. The second-order valence-electron chi connectivity index (χ2n) is 5.14. The SMILES string of the molecule is CN(C)CCCN(C)CCC(=O)c1ccc(Br)cc1. The number of nitrogens with zero attached hydrogens (tertiary/aromatic N) is 2. The normalized spacial score (nSPS) is 11.3. The topological polar surface area (TPSA) is 23.6 Å². The van der Waals surface area contributed by atoms with E-state index in [1.54, 1.807) is 0 Å². The number of Topliss-reactive ketones (excluding diaryl/α,β-unsaturated/α-hetero) is 1. The fourth-order valence-electron chi connectivity index (χ4n) is 1.84. The molecule has 0 spiro atoms. The van der Waals surface area contributed by atoms with Crippen molar-refractivity contribution in [2.24, 2.45) is 0 Å². The van der Waals surface area contributed by atoms with Crippen LogP contribution in [0.5, 0.6) is 0 Å². The van der Waals surface area contributed by atoms with Gasteiger partial charge in [0.25, 0.3) is 0 Å². The van der Waals surface area contributed by atoms with Crippen LogP contribution in [0.1, 0.15) is 23.2 Å². The summed E-state index contributed by atoms with van der Waals surface area (Å²) in [7, 11) is 6.23. The first-order valence-electron chi connectivity index (χ1n) is 6.61. The Morgan fingerprint density at radius 2 is 1.68 bits per heavy atom. The number of carbonyl (C=O) groups excluding carboxylic acids is 1. The van der Waals surface area contributed by atoms with Crippen LogP contribution < -0.4 is 0 Å².